The summed E-state index contributed by atoms with van der Waals surface area (Å²) < 4.78 is 5.40. The van der Waals surface area contributed by atoms with E-state index >= 15 is 0 Å². The molecular weight excluding hydrogens is 320 g/mol. The number of carbonyl (C=O) groups is 2. The van der Waals surface area contributed by atoms with Gasteiger partial charge in [-0.3, -0.25) is 9.59 Å². The highest BCUT2D eigenvalue weighted by atomic mass is 16.3. The molecule has 0 spiro atoms. The van der Waals surface area contributed by atoms with Crippen LogP contribution in [-0.2, 0) is 6.54 Å². The minimum absolute atomic E-state index is 0.0371. The number of benzene rings is 1. The summed E-state index contributed by atoms with van der Waals surface area (Å²) in [5.41, 5.74) is 0.501. The fraction of sp³-hybridized carbons (Fsp3) is 0.111. The van der Waals surface area contributed by atoms with E-state index < -0.39 is 5.91 Å². The Balaban J connectivity index is 1.71. The molecule has 7 nitrogen and oxygen atoms in total. The highest BCUT2D eigenvalue weighted by Gasteiger charge is 2.17. The number of hydrogen-bond donors (Lipinski definition) is 2. The highest BCUT2D eigenvalue weighted by molar-refractivity contribution is 6.07. The molecule has 2 amide bonds. The summed E-state index contributed by atoms with van der Waals surface area (Å²) in [5, 5.41) is 5.31. The second kappa shape index (κ2) is 7.39. The van der Waals surface area contributed by atoms with Gasteiger partial charge < -0.3 is 15.1 Å². The van der Waals surface area contributed by atoms with E-state index in [0.717, 1.165) is 5.76 Å². The van der Waals surface area contributed by atoms with Crippen molar-refractivity contribution in [1.29, 1.82) is 0 Å². The normalized spacial score (nSPS) is 10.3. The van der Waals surface area contributed by atoms with E-state index in [4.69, 9.17) is 4.42 Å². The number of carbonyl (C=O) groups excluding carboxylic acids is 2. The minimum Gasteiger partial charge on any atom is -0.465 e. The maximum atomic E-state index is 12.4. The van der Waals surface area contributed by atoms with E-state index in [0.29, 0.717) is 11.3 Å². The largest absolute Gasteiger partial charge is 0.465 e. The summed E-state index contributed by atoms with van der Waals surface area (Å²) in [7, 11) is 0. The summed E-state index contributed by atoms with van der Waals surface area (Å²) in [6, 6.07) is 12.3. The van der Waals surface area contributed by atoms with Gasteiger partial charge in [-0.05, 0) is 31.2 Å². The number of nitrogens with one attached hydrogen (secondary N) is 2. The van der Waals surface area contributed by atoms with Crippen molar-refractivity contribution in [3.05, 3.63) is 77.6 Å². The zero-order valence-electron chi connectivity index (χ0n) is 13.5. The molecule has 0 unspecified atom stereocenters. The van der Waals surface area contributed by atoms with Crippen LogP contribution in [0.15, 0.2) is 59.3 Å². The van der Waals surface area contributed by atoms with Gasteiger partial charge in [0.15, 0.2) is 11.5 Å². The van der Waals surface area contributed by atoms with E-state index in [-0.39, 0.29) is 24.0 Å². The van der Waals surface area contributed by atoms with Crippen molar-refractivity contribution in [2.24, 2.45) is 0 Å². The molecule has 1 aromatic carbocycles. The van der Waals surface area contributed by atoms with Gasteiger partial charge in [0.25, 0.3) is 11.8 Å². The molecule has 0 aliphatic rings. The molecule has 3 aromatic rings. The smallest absolute Gasteiger partial charge is 0.274 e. The predicted molar refractivity (Wildman–Crippen MR) is 91.0 cm³/mol. The van der Waals surface area contributed by atoms with Crippen molar-refractivity contribution in [3.8, 4) is 0 Å². The van der Waals surface area contributed by atoms with Crippen LogP contribution < -0.4 is 10.6 Å². The van der Waals surface area contributed by atoms with Crippen LogP contribution in [0.1, 0.15) is 32.4 Å². The molecule has 0 aliphatic carbocycles. The Morgan fingerprint density at radius 1 is 1.00 bits per heavy atom. The fourth-order valence-electron chi connectivity index (χ4n) is 2.20. The molecule has 2 N–H and O–H groups in total. The van der Waals surface area contributed by atoms with E-state index in [1.54, 1.807) is 30.3 Å². The van der Waals surface area contributed by atoms with Gasteiger partial charge in [0.2, 0.25) is 0 Å². The first-order valence-corrected chi connectivity index (χ1v) is 7.64. The zero-order valence-corrected chi connectivity index (χ0v) is 13.5. The summed E-state index contributed by atoms with van der Waals surface area (Å²) in [5.74, 6) is 0.677. The van der Waals surface area contributed by atoms with Gasteiger partial charge in [0.1, 0.15) is 11.5 Å². The van der Waals surface area contributed by atoms with Crippen LogP contribution >= 0.6 is 0 Å². The number of anilines is 1. The van der Waals surface area contributed by atoms with Crippen molar-refractivity contribution in [1.82, 2.24) is 15.3 Å². The van der Waals surface area contributed by atoms with Gasteiger partial charge in [0, 0.05) is 18.0 Å². The summed E-state index contributed by atoms with van der Waals surface area (Å²) in [6.45, 7) is 2.04. The maximum Gasteiger partial charge on any atom is 0.274 e. The molecule has 0 radical (unpaired) electrons. The van der Waals surface area contributed by atoms with Crippen LogP contribution in [0, 0.1) is 6.92 Å². The molecule has 0 bridgehead atoms. The molecule has 0 fully saturated rings. The fourth-order valence-corrected chi connectivity index (χ4v) is 2.20. The third-order valence-corrected chi connectivity index (χ3v) is 3.40. The Bertz CT molecular complexity index is 890. The first kappa shape index (κ1) is 16.4. The topological polar surface area (TPSA) is 97.1 Å². The SMILES string of the molecule is Cc1ccc(CNC(=O)c2nccnc2NC(=O)c2ccccc2)o1. The van der Waals surface area contributed by atoms with Crippen LogP contribution in [0.3, 0.4) is 0 Å². The number of hydrogen-bond acceptors (Lipinski definition) is 5. The molecule has 2 aromatic heterocycles. The van der Waals surface area contributed by atoms with Gasteiger partial charge >= 0.3 is 0 Å². The molecule has 3 rings (SSSR count). The molecule has 126 valence electrons. The average molecular weight is 336 g/mol. The number of rotatable bonds is 5. The summed E-state index contributed by atoms with van der Waals surface area (Å²) >= 11 is 0. The lowest BCUT2D eigenvalue weighted by molar-refractivity contribution is 0.0943. The van der Waals surface area contributed by atoms with E-state index in [2.05, 4.69) is 20.6 Å². The van der Waals surface area contributed by atoms with Crippen molar-refractivity contribution < 1.29 is 14.0 Å². The monoisotopic (exact) mass is 336 g/mol. The van der Waals surface area contributed by atoms with Crippen molar-refractivity contribution >= 4 is 17.6 Å². The van der Waals surface area contributed by atoms with Crippen LogP contribution in [0.25, 0.3) is 0 Å². The third-order valence-electron chi connectivity index (χ3n) is 3.40. The van der Waals surface area contributed by atoms with Crippen molar-refractivity contribution in [3.63, 3.8) is 0 Å². The second-order valence-corrected chi connectivity index (χ2v) is 5.27. The van der Waals surface area contributed by atoms with E-state index in [9.17, 15) is 9.59 Å². The Morgan fingerprint density at radius 3 is 2.48 bits per heavy atom. The van der Waals surface area contributed by atoms with E-state index in [1.165, 1.54) is 12.4 Å². The molecule has 7 heteroatoms. The number of amides is 2. The Kier molecular flexibility index (Phi) is 4.84. The molecule has 0 aliphatic heterocycles. The van der Waals surface area contributed by atoms with Crippen LogP contribution in [0.2, 0.25) is 0 Å². The molecule has 0 saturated carbocycles. The average Bonchev–Trinajstić information content (AvgIpc) is 3.06. The Morgan fingerprint density at radius 2 is 1.76 bits per heavy atom. The lowest BCUT2D eigenvalue weighted by Gasteiger charge is -2.09. The Labute approximate surface area is 144 Å². The molecule has 0 saturated heterocycles. The maximum absolute atomic E-state index is 12.4. The molecule has 0 atom stereocenters. The summed E-state index contributed by atoms with van der Waals surface area (Å²) in [4.78, 5) is 32.7. The van der Waals surface area contributed by atoms with Crippen molar-refractivity contribution in [2.45, 2.75) is 13.5 Å². The number of furan rings is 1. The molecular formula is C18H16N4O3. The second-order valence-electron chi connectivity index (χ2n) is 5.27. The highest BCUT2D eigenvalue weighted by Crippen LogP contribution is 2.12. The third kappa shape index (κ3) is 4.08. The van der Waals surface area contributed by atoms with Gasteiger partial charge in [-0.25, -0.2) is 9.97 Å². The first-order chi connectivity index (χ1) is 12.1. The number of aryl methyl sites for hydroxylation is 1. The van der Waals surface area contributed by atoms with Crippen LogP contribution in [0.5, 0.6) is 0 Å². The lowest BCUT2D eigenvalue weighted by Crippen LogP contribution is -2.26. The van der Waals surface area contributed by atoms with Gasteiger partial charge in [-0.1, -0.05) is 18.2 Å². The van der Waals surface area contributed by atoms with Crippen LogP contribution in [-0.4, -0.2) is 21.8 Å². The Hall–Kier alpha value is -3.48. The van der Waals surface area contributed by atoms with Gasteiger partial charge in [-0.2, -0.15) is 0 Å². The lowest BCUT2D eigenvalue weighted by atomic mass is 10.2. The first-order valence-electron chi connectivity index (χ1n) is 7.64. The van der Waals surface area contributed by atoms with Gasteiger partial charge in [0.05, 0.1) is 6.54 Å². The number of nitrogens with zero attached hydrogens (tertiary/aromatic N) is 2. The molecule has 2 heterocycles. The summed E-state index contributed by atoms with van der Waals surface area (Å²) in [6.07, 6.45) is 2.80. The quantitative estimate of drug-likeness (QED) is 0.746. The minimum atomic E-state index is -0.453. The molecule has 25 heavy (non-hydrogen) atoms. The van der Waals surface area contributed by atoms with Gasteiger partial charge in [-0.15, -0.1) is 0 Å². The van der Waals surface area contributed by atoms with Crippen LogP contribution in [0.4, 0.5) is 5.82 Å². The standard InChI is InChI=1S/C18H16N4O3/c1-12-7-8-14(25-12)11-21-18(24)15-16(20-10-9-19-15)22-17(23)13-5-3-2-4-6-13/h2-10H,11H2,1H3,(H,21,24)(H,20,22,23). The predicted octanol–water partition coefficient (Wildman–Crippen LogP) is 2.56. The number of aromatic nitrogens is 2. The van der Waals surface area contributed by atoms with Crippen molar-refractivity contribution in [2.75, 3.05) is 5.32 Å². The zero-order chi connectivity index (χ0) is 17.6. The van der Waals surface area contributed by atoms with E-state index in [1.807, 2.05) is 19.1 Å².